The van der Waals surface area contributed by atoms with Gasteiger partial charge >= 0.3 is 17.9 Å². The third kappa shape index (κ3) is 60.8. The Labute approximate surface area is 463 Å². The molecule has 0 spiro atoms. The lowest BCUT2D eigenvalue weighted by Crippen LogP contribution is -2.30. The highest BCUT2D eigenvalue weighted by molar-refractivity contribution is 5.71. The van der Waals surface area contributed by atoms with Gasteiger partial charge in [-0.25, -0.2) is 0 Å². The second-order valence-corrected chi connectivity index (χ2v) is 20.6. The Kier molecular flexibility index (Phi) is 59.3. The van der Waals surface area contributed by atoms with Crippen molar-refractivity contribution in [1.82, 2.24) is 0 Å². The van der Waals surface area contributed by atoms with Gasteiger partial charge < -0.3 is 14.2 Å². The molecule has 0 aliphatic heterocycles. The van der Waals surface area contributed by atoms with E-state index < -0.39 is 6.10 Å². The molecule has 0 amide bonds. The van der Waals surface area contributed by atoms with Gasteiger partial charge in [0.1, 0.15) is 13.2 Å². The molecule has 0 aromatic rings. The van der Waals surface area contributed by atoms with E-state index in [1.165, 1.54) is 135 Å². The summed E-state index contributed by atoms with van der Waals surface area (Å²) in [7, 11) is 0. The summed E-state index contributed by atoms with van der Waals surface area (Å²) in [5.41, 5.74) is 0. The van der Waals surface area contributed by atoms with Crippen molar-refractivity contribution >= 4 is 17.9 Å². The minimum atomic E-state index is -0.781. The number of hydrogen-bond donors (Lipinski definition) is 0. The van der Waals surface area contributed by atoms with Gasteiger partial charge in [-0.2, -0.15) is 0 Å². The number of rotatable bonds is 56. The van der Waals surface area contributed by atoms with Crippen molar-refractivity contribution in [3.8, 4) is 0 Å². The quantitative estimate of drug-likeness (QED) is 0.0261. The fourth-order valence-electron chi connectivity index (χ4n) is 8.57. The molecule has 0 saturated heterocycles. The van der Waals surface area contributed by atoms with Gasteiger partial charge in [-0.05, 0) is 109 Å². The molecule has 75 heavy (non-hydrogen) atoms. The highest BCUT2D eigenvalue weighted by Crippen LogP contribution is 2.15. The van der Waals surface area contributed by atoms with Crippen molar-refractivity contribution in [2.24, 2.45) is 0 Å². The van der Waals surface area contributed by atoms with Crippen LogP contribution in [0.4, 0.5) is 0 Å². The van der Waals surface area contributed by atoms with Crippen LogP contribution in [0.25, 0.3) is 0 Å². The van der Waals surface area contributed by atoms with E-state index in [0.29, 0.717) is 19.3 Å². The van der Waals surface area contributed by atoms with Crippen LogP contribution in [0, 0.1) is 0 Å². The van der Waals surface area contributed by atoms with Gasteiger partial charge in [0, 0.05) is 19.3 Å². The largest absolute Gasteiger partial charge is 0.462 e. The van der Waals surface area contributed by atoms with Gasteiger partial charge in [0.15, 0.2) is 6.10 Å². The fourth-order valence-corrected chi connectivity index (χ4v) is 8.57. The van der Waals surface area contributed by atoms with Crippen molar-refractivity contribution in [2.45, 2.75) is 297 Å². The molecular formula is C69H116O6. The molecule has 6 nitrogen and oxygen atoms in total. The van der Waals surface area contributed by atoms with Crippen LogP contribution < -0.4 is 0 Å². The van der Waals surface area contributed by atoms with E-state index in [2.05, 4.69) is 130 Å². The summed E-state index contributed by atoms with van der Waals surface area (Å²) in [5, 5.41) is 0. The third-order valence-corrected chi connectivity index (χ3v) is 13.3. The van der Waals surface area contributed by atoms with Crippen LogP contribution in [0.15, 0.2) is 109 Å². The first-order valence-corrected chi connectivity index (χ1v) is 31.4. The normalized spacial score (nSPS) is 12.8. The number of esters is 3. The van der Waals surface area contributed by atoms with Crippen LogP contribution in [0.5, 0.6) is 0 Å². The van der Waals surface area contributed by atoms with Crippen LogP contribution in [0.3, 0.4) is 0 Å². The zero-order chi connectivity index (χ0) is 54.3. The van der Waals surface area contributed by atoms with Gasteiger partial charge in [0.25, 0.3) is 0 Å². The second-order valence-electron chi connectivity index (χ2n) is 20.6. The van der Waals surface area contributed by atoms with Gasteiger partial charge in [0.05, 0.1) is 0 Å². The summed E-state index contributed by atoms with van der Waals surface area (Å²) in [4.78, 5) is 38.0. The zero-order valence-corrected chi connectivity index (χ0v) is 49.0. The average Bonchev–Trinajstić information content (AvgIpc) is 3.41. The number of allylic oxidation sites excluding steroid dienone is 18. The Balaban J connectivity index is 4.14. The summed E-state index contributed by atoms with van der Waals surface area (Å²) in [6.07, 6.45) is 85.4. The van der Waals surface area contributed by atoms with Crippen LogP contribution in [-0.2, 0) is 28.6 Å². The molecule has 0 aromatic carbocycles. The number of hydrogen-bond acceptors (Lipinski definition) is 6. The van der Waals surface area contributed by atoms with Crippen LogP contribution >= 0.6 is 0 Å². The van der Waals surface area contributed by atoms with Crippen LogP contribution in [0.1, 0.15) is 290 Å². The highest BCUT2D eigenvalue weighted by atomic mass is 16.6. The fraction of sp³-hybridized carbons (Fsp3) is 0.696. The Hall–Kier alpha value is -3.93. The molecule has 428 valence electrons. The third-order valence-electron chi connectivity index (χ3n) is 13.3. The van der Waals surface area contributed by atoms with Crippen LogP contribution in [-0.4, -0.2) is 37.2 Å². The van der Waals surface area contributed by atoms with Crippen molar-refractivity contribution in [3.05, 3.63) is 109 Å². The molecule has 0 heterocycles. The molecule has 0 aliphatic rings. The molecule has 0 radical (unpaired) electrons. The maximum atomic E-state index is 12.8. The molecule has 6 heteroatoms. The lowest BCUT2D eigenvalue weighted by atomic mass is 10.1. The Morgan fingerprint density at radius 1 is 0.280 bits per heavy atom. The molecule has 0 aliphatic carbocycles. The summed E-state index contributed by atoms with van der Waals surface area (Å²) >= 11 is 0. The lowest BCUT2D eigenvalue weighted by Gasteiger charge is -2.18. The van der Waals surface area contributed by atoms with Gasteiger partial charge in [0.2, 0.25) is 0 Å². The number of unbranched alkanes of at least 4 members (excludes halogenated alkanes) is 27. The molecule has 0 rings (SSSR count). The van der Waals surface area contributed by atoms with E-state index in [4.69, 9.17) is 14.2 Å². The Morgan fingerprint density at radius 2 is 0.520 bits per heavy atom. The van der Waals surface area contributed by atoms with Crippen molar-refractivity contribution in [1.29, 1.82) is 0 Å². The van der Waals surface area contributed by atoms with E-state index in [1.54, 1.807) is 0 Å². The highest BCUT2D eigenvalue weighted by Gasteiger charge is 2.19. The Morgan fingerprint density at radius 3 is 0.827 bits per heavy atom. The maximum absolute atomic E-state index is 12.8. The van der Waals surface area contributed by atoms with E-state index in [1.807, 2.05) is 0 Å². The first-order valence-electron chi connectivity index (χ1n) is 31.4. The minimum absolute atomic E-state index is 0.0808. The average molecular weight is 1040 g/mol. The molecule has 0 fully saturated rings. The lowest BCUT2D eigenvalue weighted by molar-refractivity contribution is -0.167. The number of carbonyl (C=O) groups is 3. The monoisotopic (exact) mass is 1040 g/mol. The van der Waals surface area contributed by atoms with Crippen molar-refractivity contribution < 1.29 is 28.6 Å². The van der Waals surface area contributed by atoms with Gasteiger partial charge in [-0.15, -0.1) is 0 Å². The topological polar surface area (TPSA) is 78.9 Å². The Bertz CT molecular complexity index is 1520. The molecular weight excluding hydrogens is 925 g/mol. The van der Waals surface area contributed by atoms with E-state index in [9.17, 15) is 14.4 Å². The van der Waals surface area contributed by atoms with Gasteiger partial charge in [-0.3, -0.25) is 14.4 Å². The molecule has 1 atom stereocenters. The van der Waals surface area contributed by atoms with Crippen molar-refractivity contribution in [3.63, 3.8) is 0 Å². The number of carbonyl (C=O) groups excluding carboxylic acids is 3. The molecule has 0 saturated carbocycles. The van der Waals surface area contributed by atoms with E-state index in [-0.39, 0.29) is 31.1 Å². The molecule has 0 aromatic heterocycles. The van der Waals surface area contributed by atoms with E-state index >= 15 is 0 Å². The summed E-state index contributed by atoms with van der Waals surface area (Å²) in [5.74, 6) is -0.896. The molecule has 1 unspecified atom stereocenters. The minimum Gasteiger partial charge on any atom is -0.462 e. The standard InChI is InChI=1S/C69H116O6/c1-4-7-10-13-16-18-20-22-24-26-27-28-29-30-31-32-33-34-35-36-37-38-39-40-41-43-44-46-48-50-53-56-59-62-68(71)74-65-66(64-73-67(70)61-58-55-52-15-12-9-6-3)75-69(72)63-60-57-54-51-49-47-45-42-25-23-21-19-17-14-11-8-5-2/h7,10,16,18,22-25,27-28,30-31,33-34,36-37,39-40,66H,4-6,8-9,11-15,17,19-21,26,29,32,35,38,41-65H2,1-3H3/b10-7-,18-16-,24-22-,25-23-,28-27-,31-30-,34-33-,37-36-,40-39-. The smallest absolute Gasteiger partial charge is 0.306 e. The van der Waals surface area contributed by atoms with Gasteiger partial charge in [-0.1, -0.05) is 271 Å². The maximum Gasteiger partial charge on any atom is 0.306 e. The summed E-state index contributed by atoms with van der Waals surface area (Å²) < 4.78 is 16.8. The molecule has 0 bridgehead atoms. The summed E-state index contributed by atoms with van der Waals surface area (Å²) in [6, 6.07) is 0. The van der Waals surface area contributed by atoms with Crippen molar-refractivity contribution in [2.75, 3.05) is 13.2 Å². The van der Waals surface area contributed by atoms with E-state index in [0.717, 1.165) is 116 Å². The SMILES string of the molecule is CC/C=C\C/C=C\C/C=C\C/C=C\C/C=C\C/C=C\C/C=C\C/C=C\CCCCCCCCCCC(=O)OCC(COC(=O)CCCCCCCCC)OC(=O)CCCCCCCCC/C=C\CCCCCCCC. The molecule has 0 N–H and O–H groups in total. The van der Waals surface area contributed by atoms with Crippen LogP contribution in [0.2, 0.25) is 0 Å². The first kappa shape index (κ1) is 71.1. The second kappa shape index (κ2) is 62.6. The predicted molar refractivity (Wildman–Crippen MR) is 325 cm³/mol. The number of ether oxygens (including phenoxy) is 3. The zero-order valence-electron chi connectivity index (χ0n) is 49.0. The summed E-state index contributed by atoms with van der Waals surface area (Å²) in [6.45, 7) is 6.48. The first-order chi connectivity index (χ1) is 37.0. The predicted octanol–water partition coefficient (Wildman–Crippen LogP) is 21.4.